The Kier molecular flexibility index (Phi) is 5.22. The molecule has 2 aromatic heterocycles. The zero-order valence-electron chi connectivity index (χ0n) is 16.3. The third-order valence-electron chi connectivity index (χ3n) is 5.76. The van der Waals surface area contributed by atoms with Crippen molar-refractivity contribution >= 4 is 16.8 Å². The maximum atomic E-state index is 13.7. The maximum absolute atomic E-state index is 13.7. The highest BCUT2D eigenvalue weighted by molar-refractivity contribution is 6.08. The summed E-state index contributed by atoms with van der Waals surface area (Å²) in [5, 5.41) is 3.66. The number of carbonyl (C=O) groups excluding carboxylic acids is 1. The number of furan rings is 1. The first-order chi connectivity index (χ1) is 13.5. The fourth-order valence-electron chi connectivity index (χ4n) is 4.10. The van der Waals surface area contributed by atoms with E-state index in [1.165, 1.54) is 12.1 Å². The number of aromatic amines is 1. The third-order valence-corrected chi connectivity index (χ3v) is 5.76. The van der Waals surface area contributed by atoms with Crippen molar-refractivity contribution < 1.29 is 13.6 Å². The molecule has 1 aromatic carbocycles. The number of aromatic nitrogens is 1. The van der Waals surface area contributed by atoms with Gasteiger partial charge in [0.05, 0.1) is 17.9 Å². The van der Waals surface area contributed by atoms with Crippen LogP contribution in [0.3, 0.4) is 0 Å². The highest BCUT2D eigenvalue weighted by Crippen LogP contribution is 2.27. The standard InChI is InChI=1S/C22H26FN3O2/c1-14-7-9-26(10-8-14)19(20-4-3-11-28-20)13-24-22(27)21-15(2)25-18-6-5-16(23)12-17(18)21/h3-6,11-12,14,19,25H,7-10,13H2,1-2H3,(H,24,27). The summed E-state index contributed by atoms with van der Waals surface area (Å²) in [6.07, 6.45) is 3.96. The predicted molar refractivity (Wildman–Crippen MR) is 107 cm³/mol. The minimum atomic E-state index is -0.351. The Morgan fingerprint density at radius 1 is 1.36 bits per heavy atom. The van der Waals surface area contributed by atoms with Gasteiger partial charge in [0.2, 0.25) is 0 Å². The van der Waals surface area contributed by atoms with Crippen LogP contribution in [0.25, 0.3) is 10.9 Å². The van der Waals surface area contributed by atoms with Gasteiger partial charge < -0.3 is 14.7 Å². The second-order valence-corrected chi connectivity index (χ2v) is 7.77. The van der Waals surface area contributed by atoms with Gasteiger partial charge in [-0.15, -0.1) is 0 Å². The van der Waals surface area contributed by atoms with Crippen LogP contribution in [0, 0.1) is 18.7 Å². The minimum absolute atomic E-state index is 0.00583. The first-order valence-corrected chi connectivity index (χ1v) is 9.86. The lowest BCUT2D eigenvalue weighted by molar-refractivity contribution is 0.0896. The Labute approximate surface area is 163 Å². The molecular weight excluding hydrogens is 357 g/mol. The van der Waals surface area contributed by atoms with E-state index in [2.05, 4.69) is 22.1 Å². The van der Waals surface area contributed by atoms with Gasteiger partial charge in [-0.2, -0.15) is 0 Å². The molecule has 3 aromatic rings. The molecule has 0 radical (unpaired) electrons. The summed E-state index contributed by atoms with van der Waals surface area (Å²) < 4.78 is 19.4. The first kappa shape index (κ1) is 18.7. The summed E-state index contributed by atoms with van der Waals surface area (Å²) in [5.74, 6) is 1.04. The lowest BCUT2D eigenvalue weighted by Crippen LogP contribution is -2.41. The van der Waals surface area contributed by atoms with Gasteiger partial charge in [-0.1, -0.05) is 6.92 Å². The fraction of sp³-hybridized carbons (Fsp3) is 0.409. The molecule has 1 fully saturated rings. The number of nitrogens with one attached hydrogen (secondary N) is 2. The van der Waals surface area contributed by atoms with E-state index < -0.39 is 0 Å². The molecule has 0 bridgehead atoms. The summed E-state index contributed by atoms with van der Waals surface area (Å²) in [6, 6.07) is 8.29. The molecule has 0 aliphatic carbocycles. The number of amides is 1. The molecule has 0 spiro atoms. The van der Waals surface area contributed by atoms with Gasteiger partial charge in [-0.25, -0.2) is 4.39 Å². The predicted octanol–water partition coefficient (Wildman–Crippen LogP) is 4.41. The number of benzene rings is 1. The number of rotatable bonds is 5. The van der Waals surface area contributed by atoms with E-state index in [9.17, 15) is 9.18 Å². The molecule has 5 nitrogen and oxygen atoms in total. The number of hydrogen-bond donors (Lipinski definition) is 2. The maximum Gasteiger partial charge on any atom is 0.253 e. The molecule has 3 heterocycles. The van der Waals surface area contributed by atoms with Crippen molar-refractivity contribution in [3.8, 4) is 0 Å². The topological polar surface area (TPSA) is 61.3 Å². The van der Waals surface area contributed by atoms with Gasteiger partial charge in [0.1, 0.15) is 11.6 Å². The highest BCUT2D eigenvalue weighted by atomic mass is 19.1. The van der Waals surface area contributed by atoms with Crippen molar-refractivity contribution in [1.82, 2.24) is 15.2 Å². The van der Waals surface area contributed by atoms with Gasteiger partial charge in [0.25, 0.3) is 5.91 Å². The average Bonchev–Trinajstić information content (AvgIpc) is 3.30. The Morgan fingerprint density at radius 2 is 2.14 bits per heavy atom. The van der Waals surface area contributed by atoms with Crippen molar-refractivity contribution in [2.24, 2.45) is 5.92 Å². The Morgan fingerprint density at radius 3 is 2.86 bits per heavy atom. The van der Waals surface area contributed by atoms with Crippen molar-refractivity contribution in [2.45, 2.75) is 32.7 Å². The van der Waals surface area contributed by atoms with Crippen LogP contribution >= 0.6 is 0 Å². The number of H-pyrrole nitrogens is 1. The molecule has 0 saturated carbocycles. The highest BCUT2D eigenvalue weighted by Gasteiger charge is 2.27. The van der Waals surface area contributed by atoms with E-state index >= 15 is 0 Å². The van der Waals surface area contributed by atoms with Crippen molar-refractivity contribution in [1.29, 1.82) is 0 Å². The Balaban J connectivity index is 1.53. The summed E-state index contributed by atoms with van der Waals surface area (Å²) in [6.45, 7) is 6.53. The van der Waals surface area contributed by atoms with Crippen molar-refractivity contribution in [3.05, 3.63) is 59.4 Å². The monoisotopic (exact) mass is 383 g/mol. The van der Waals surface area contributed by atoms with Crippen molar-refractivity contribution in [2.75, 3.05) is 19.6 Å². The molecule has 148 valence electrons. The molecule has 28 heavy (non-hydrogen) atoms. The second kappa shape index (κ2) is 7.80. The van der Waals surface area contributed by atoms with Crippen molar-refractivity contribution in [3.63, 3.8) is 0 Å². The number of likely N-dealkylation sites (tertiary alicyclic amines) is 1. The van der Waals surface area contributed by atoms with Gasteiger partial charge in [-0.3, -0.25) is 9.69 Å². The number of halogens is 1. The van der Waals surface area contributed by atoms with Crippen LogP contribution in [-0.4, -0.2) is 35.4 Å². The summed E-state index contributed by atoms with van der Waals surface area (Å²) >= 11 is 0. The lowest BCUT2D eigenvalue weighted by atomic mass is 9.97. The lowest BCUT2D eigenvalue weighted by Gasteiger charge is -2.35. The average molecular weight is 383 g/mol. The van der Waals surface area contributed by atoms with E-state index in [0.717, 1.165) is 48.8 Å². The quantitative estimate of drug-likeness (QED) is 0.686. The fourth-order valence-corrected chi connectivity index (χ4v) is 4.10. The molecule has 4 rings (SSSR count). The summed E-state index contributed by atoms with van der Waals surface area (Å²) in [7, 11) is 0. The number of carbonyl (C=O) groups is 1. The number of fused-ring (bicyclic) bond motifs is 1. The van der Waals surface area contributed by atoms with E-state index in [-0.39, 0.29) is 17.8 Å². The Hall–Kier alpha value is -2.60. The first-order valence-electron chi connectivity index (χ1n) is 9.86. The van der Waals surface area contributed by atoms with Crippen LogP contribution in [0.2, 0.25) is 0 Å². The SMILES string of the molecule is Cc1[nH]c2ccc(F)cc2c1C(=O)NCC(c1ccco1)N1CCC(C)CC1. The number of nitrogens with zero attached hydrogens (tertiary/aromatic N) is 1. The summed E-state index contributed by atoms with van der Waals surface area (Å²) in [4.78, 5) is 18.5. The number of piperidine rings is 1. The second-order valence-electron chi connectivity index (χ2n) is 7.77. The van der Waals surface area contributed by atoms with E-state index in [1.54, 1.807) is 12.3 Å². The zero-order valence-corrected chi connectivity index (χ0v) is 16.3. The van der Waals surface area contributed by atoms with Crippen LogP contribution in [0.5, 0.6) is 0 Å². The molecular formula is C22H26FN3O2. The van der Waals surface area contributed by atoms with E-state index in [4.69, 9.17) is 4.42 Å². The normalized spacial score (nSPS) is 17.1. The van der Waals surface area contributed by atoms with Gasteiger partial charge in [0.15, 0.2) is 0 Å². The molecule has 6 heteroatoms. The smallest absolute Gasteiger partial charge is 0.253 e. The van der Waals surface area contributed by atoms with Gasteiger partial charge >= 0.3 is 0 Å². The van der Waals surface area contributed by atoms with Crippen LogP contribution < -0.4 is 5.32 Å². The molecule has 2 N–H and O–H groups in total. The summed E-state index contributed by atoms with van der Waals surface area (Å²) in [5.41, 5.74) is 2.00. The zero-order chi connectivity index (χ0) is 19.7. The minimum Gasteiger partial charge on any atom is -0.468 e. The van der Waals surface area contributed by atoms with Gasteiger partial charge in [-0.05, 0) is 69.1 Å². The number of aryl methyl sites for hydroxylation is 1. The van der Waals surface area contributed by atoms with Crippen LogP contribution in [0.1, 0.15) is 47.6 Å². The van der Waals surface area contributed by atoms with Crippen LogP contribution in [0.15, 0.2) is 41.0 Å². The Bertz CT molecular complexity index is 956. The van der Waals surface area contributed by atoms with Crippen LogP contribution in [0.4, 0.5) is 4.39 Å². The number of hydrogen-bond acceptors (Lipinski definition) is 3. The molecule has 1 amide bonds. The molecule has 1 aliphatic heterocycles. The molecule has 1 saturated heterocycles. The molecule has 1 unspecified atom stereocenters. The van der Waals surface area contributed by atoms with E-state index in [0.29, 0.717) is 17.5 Å². The van der Waals surface area contributed by atoms with Gasteiger partial charge in [0, 0.05) is 23.1 Å². The van der Waals surface area contributed by atoms with Crippen LogP contribution in [-0.2, 0) is 0 Å². The third kappa shape index (κ3) is 3.69. The molecule has 1 atom stereocenters. The van der Waals surface area contributed by atoms with E-state index in [1.807, 2.05) is 19.1 Å². The largest absolute Gasteiger partial charge is 0.468 e. The molecule has 1 aliphatic rings.